The Hall–Kier alpha value is -1.28. The molecule has 0 aromatic heterocycles. The fraction of sp³-hybridized carbons (Fsp3) is 0.500. The van der Waals surface area contributed by atoms with Gasteiger partial charge in [0.25, 0.3) is 0 Å². The largest absolute Gasteiger partial charge is 0.389 e. The molecular weight excluding hydrogens is 264 g/mol. The van der Waals surface area contributed by atoms with Gasteiger partial charge in [-0.15, -0.1) is 0 Å². The number of methoxy groups -OCH3 is 1. The third kappa shape index (κ3) is 4.71. The highest BCUT2D eigenvalue weighted by Gasteiger charge is 2.11. The van der Waals surface area contributed by atoms with Gasteiger partial charge in [0, 0.05) is 30.9 Å². The second-order valence-electron chi connectivity index (χ2n) is 4.27. The van der Waals surface area contributed by atoms with Crippen molar-refractivity contribution in [1.29, 1.82) is 5.26 Å². The summed E-state index contributed by atoms with van der Waals surface area (Å²) in [6, 6.07) is 7.67. The zero-order valence-corrected chi connectivity index (χ0v) is 12.0. The Morgan fingerprint density at radius 3 is 2.74 bits per heavy atom. The predicted molar refractivity (Wildman–Crippen MR) is 76.4 cm³/mol. The Morgan fingerprint density at radius 1 is 1.47 bits per heavy atom. The number of anilines is 1. The standard InChI is InChI=1S/C14H19ClN2O2/c1-11(18)13-5-4-12(10-14(13)15)17(7-3-6-16)8-9-19-2/h4-5,10-11,18H,3,7-9H2,1-2H3. The molecular formula is C14H19ClN2O2. The van der Waals surface area contributed by atoms with Crippen LogP contribution in [0.5, 0.6) is 0 Å². The summed E-state index contributed by atoms with van der Waals surface area (Å²) in [6.45, 7) is 3.59. The second kappa shape index (κ2) is 8.00. The van der Waals surface area contributed by atoms with Crippen LogP contribution >= 0.6 is 11.6 Å². The number of hydrogen-bond acceptors (Lipinski definition) is 4. The van der Waals surface area contributed by atoms with E-state index < -0.39 is 6.10 Å². The van der Waals surface area contributed by atoms with Gasteiger partial charge in [0.15, 0.2) is 0 Å². The van der Waals surface area contributed by atoms with E-state index in [9.17, 15) is 5.11 Å². The summed E-state index contributed by atoms with van der Waals surface area (Å²) in [5.41, 5.74) is 1.64. The molecule has 1 N–H and O–H groups in total. The van der Waals surface area contributed by atoms with Crippen LogP contribution in [-0.4, -0.2) is 31.9 Å². The van der Waals surface area contributed by atoms with Crippen LogP contribution in [0.25, 0.3) is 0 Å². The third-order valence-electron chi connectivity index (χ3n) is 2.86. The summed E-state index contributed by atoms with van der Waals surface area (Å²) in [4.78, 5) is 2.05. The molecule has 104 valence electrons. The molecule has 1 unspecified atom stereocenters. The molecule has 19 heavy (non-hydrogen) atoms. The quantitative estimate of drug-likeness (QED) is 0.835. The highest BCUT2D eigenvalue weighted by atomic mass is 35.5. The molecule has 1 rings (SSSR count). The fourth-order valence-electron chi connectivity index (χ4n) is 1.81. The summed E-state index contributed by atoms with van der Waals surface area (Å²) >= 11 is 6.15. The number of ether oxygens (including phenoxy) is 1. The van der Waals surface area contributed by atoms with Crippen molar-refractivity contribution in [2.75, 3.05) is 31.7 Å². The first-order valence-corrected chi connectivity index (χ1v) is 6.56. The molecule has 0 saturated heterocycles. The van der Waals surface area contributed by atoms with Crippen molar-refractivity contribution in [3.05, 3.63) is 28.8 Å². The van der Waals surface area contributed by atoms with Gasteiger partial charge in [0.05, 0.1) is 25.2 Å². The summed E-state index contributed by atoms with van der Waals surface area (Å²) in [6.07, 6.45) is -0.146. The van der Waals surface area contributed by atoms with Gasteiger partial charge in [0.1, 0.15) is 0 Å². The lowest BCUT2D eigenvalue weighted by atomic mass is 10.1. The van der Waals surface area contributed by atoms with E-state index in [1.165, 1.54) is 0 Å². The van der Waals surface area contributed by atoms with Gasteiger partial charge in [-0.05, 0) is 24.6 Å². The summed E-state index contributed by atoms with van der Waals surface area (Å²) < 4.78 is 5.07. The molecule has 0 heterocycles. The van der Waals surface area contributed by atoms with Crippen LogP contribution in [0.4, 0.5) is 5.69 Å². The van der Waals surface area contributed by atoms with Gasteiger partial charge in [-0.1, -0.05) is 17.7 Å². The van der Waals surface area contributed by atoms with Crippen LogP contribution in [-0.2, 0) is 4.74 Å². The number of aliphatic hydroxyl groups is 1. The minimum Gasteiger partial charge on any atom is -0.389 e. The fourth-order valence-corrected chi connectivity index (χ4v) is 2.14. The number of nitrogens with zero attached hydrogens (tertiary/aromatic N) is 2. The van der Waals surface area contributed by atoms with Crippen molar-refractivity contribution in [2.45, 2.75) is 19.4 Å². The normalized spacial score (nSPS) is 11.9. The predicted octanol–water partition coefficient (Wildman–Crippen LogP) is 2.76. The third-order valence-corrected chi connectivity index (χ3v) is 3.19. The van der Waals surface area contributed by atoms with Gasteiger partial charge < -0.3 is 14.7 Å². The number of halogens is 1. The van der Waals surface area contributed by atoms with E-state index in [2.05, 4.69) is 6.07 Å². The Bertz CT molecular complexity index is 444. The van der Waals surface area contributed by atoms with Crippen LogP contribution in [0.1, 0.15) is 25.0 Å². The molecule has 0 aliphatic rings. The van der Waals surface area contributed by atoms with Crippen LogP contribution < -0.4 is 4.90 Å². The molecule has 0 amide bonds. The van der Waals surface area contributed by atoms with Gasteiger partial charge in [0.2, 0.25) is 0 Å². The van der Waals surface area contributed by atoms with Crippen molar-refractivity contribution < 1.29 is 9.84 Å². The first-order chi connectivity index (χ1) is 9.10. The average Bonchev–Trinajstić information content (AvgIpc) is 2.38. The molecule has 1 aromatic rings. The van der Waals surface area contributed by atoms with E-state index in [0.717, 1.165) is 5.69 Å². The molecule has 0 aliphatic carbocycles. The first-order valence-electron chi connectivity index (χ1n) is 6.18. The number of hydrogen-bond donors (Lipinski definition) is 1. The van der Waals surface area contributed by atoms with E-state index in [0.29, 0.717) is 36.7 Å². The van der Waals surface area contributed by atoms with Gasteiger partial charge in [-0.2, -0.15) is 5.26 Å². The molecule has 0 bridgehead atoms. The van der Waals surface area contributed by atoms with Gasteiger partial charge >= 0.3 is 0 Å². The molecule has 5 heteroatoms. The Labute approximate surface area is 119 Å². The number of rotatable bonds is 7. The monoisotopic (exact) mass is 282 g/mol. The highest BCUT2D eigenvalue weighted by molar-refractivity contribution is 6.31. The smallest absolute Gasteiger partial charge is 0.0776 e. The Balaban J connectivity index is 2.89. The van der Waals surface area contributed by atoms with Crippen LogP contribution in [0.15, 0.2) is 18.2 Å². The minimum absolute atomic E-state index is 0.444. The summed E-state index contributed by atoms with van der Waals surface area (Å²) in [5, 5.41) is 18.8. The van der Waals surface area contributed by atoms with E-state index in [-0.39, 0.29) is 0 Å². The minimum atomic E-state index is -0.590. The first kappa shape index (κ1) is 15.8. The van der Waals surface area contributed by atoms with Crippen molar-refractivity contribution in [1.82, 2.24) is 0 Å². The lowest BCUT2D eigenvalue weighted by Gasteiger charge is -2.24. The Kier molecular flexibility index (Phi) is 6.65. The molecule has 0 aliphatic heterocycles. The van der Waals surface area contributed by atoms with Gasteiger partial charge in [-0.25, -0.2) is 0 Å². The van der Waals surface area contributed by atoms with Crippen LogP contribution in [0.3, 0.4) is 0 Å². The summed E-state index contributed by atoms with van der Waals surface area (Å²) in [7, 11) is 1.64. The zero-order valence-electron chi connectivity index (χ0n) is 11.3. The van der Waals surface area contributed by atoms with E-state index >= 15 is 0 Å². The van der Waals surface area contributed by atoms with E-state index in [1.807, 2.05) is 23.1 Å². The maximum Gasteiger partial charge on any atom is 0.0776 e. The van der Waals surface area contributed by atoms with Gasteiger partial charge in [-0.3, -0.25) is 0 Å². The van der Waals surface area contributed by atoms with Crippen molar-refractivity contribution in [2.24, 2.45) is 0 Å². The van der Waals surface area contributed by atoms with E-state index in [4.69, 9.17) is 21.6 Å². The zero-order chi connectivity index (χ0) is 14.3. The molecule has 1 aromatic carbocycles. The van der Waals surface area contributed by atoms with Crippen molar-refractivity contribution >= 4 is 17.3 Å². The molecule has 0 spiro atoms. The van der Waals surface area contributed by atoms with E-state index in [1.54, 1.807) is 14.0 Å². The molecule has 0 saturated carbocycles. The maximum absolute atomic E-state index is 9.56. The molecule has 0 radical (unpaired) electrons. The van der Waals surface area contributed by atoms with Crippen molar-refractivity contribution in [3.63, 3.8) is 0 Å². The Morgan fingerprint density at radius 2 is 2.21 bits per heavy atom. The molecule has 1 atom stereocenters. The second-order valence-corrected chi connectivity index (χ2v) is 4.68. The van der Waals surface area contributed by atoms with Crippen molar-refractivity contribution in [3.8, 4) is 6.07 Å². The average molecular weight is 283 g/mol. The summed E-state index contributed by atoms with van der Waals surface area (Å²) in [5.74, 6) is 0. The topological polar surface area (TPSA) is 56.5 Å². The lowest BCUT2D eigenvalue weighted by Crippen LogP contribution is -2.28. The maximum atomic E-state index is 9.56. The SMILES string of the molecule is COCCN(CCC#N)c1ccc(C(C)O)c(Cl)c1. The lowest BCUT2D eigenvalue weighted by molar-refractivity contribution is 0.199. The highest BCUT2D eigenvalue weighted by Crippen LogP contribution is 2.27. The number of nitriles is 1. The molecule has 4 nitrogen and oxygen atoms in total. The van der Waals surface area contributed by atoms with Crippen LogP contribution in [0.2, 0.25) is 5.02 Å². The number of aliphatic hydroxyl groups excluding tert-OH is 1. The van der Waals surface area contributed by atoms with Crippen LogP contribution in [0, 0.1) is 11.3 Å². The molecule has 0 fully saturated rings. The number of benzene rings is 1.